The van der Waals surface area contributed by atoms with Crippen LogP contribution in [0, 0.1) is 18.8 Å². The van der Waals surface area contributed by atoms with Crippen LogP contribution >= 0.6 is 0 Å². The molecule has 0 aliphatic carbocycles. The summed E-state index contributed by atoms with van der Waals surface area (Å²) >= 11 is 0. The summed E-state index contributed by atoms with van der Waals surface area (Å²) in [7, 11) is 0. The largest absolute Gasteiger partial charge is 0.508 e. The fraction of sp³-hybridized carbons (Fsp3) is 0.286. The van der Waals surface area contributed by atoms with Crippen LogP contribution in [0.15, 0.2) is 61.3 Å². The second-order valence-electron chi connectivity index (χ2n) is 10.6. The van der Waals surface area contributed by atoms with Crippen LogP contribution in [-0.2, 0) is 26.5 Å². The van der Waals surface area contributed by atoms with Crippen LogP contribution in [0.4, 0.5) is 5.69 Å². The van der Waals surface area contributed by atoms with Crippen LogP contribution in [0.5, 0.6) is 11.5 Å². The Bertz CT molecular complexity index is 1400. The molecule has 8 heteroatoms. The molecule has 0 saturated heterocycles. The molecule has 0 amide bonds. The molecule has 0 spiro atoms. The normalized spacial score (nSPS) is 13.8. The molecule has 5 rings (SSSR count). The number of pyridine rings is 2. The molecule has 0 fully saturated rings. The van der Waals surface area contributed by atoms with Crippen molar-refractivity contribution in [2.45, 2.75) is 52.5 Å². The maximum Gasteiger partial charge on any atom is 0.151 e. The van der Waals surface area contributed by atoms with Crippen molar-refractivity contribution in [1.29, 1.82) is 0 Å². The fourth-order valence-electron chi connectivity index (χ4n) is 3.71. The molecule has 0 unspecified atom stereocenters. The predicted octanol–water partition coefficient (Wildman–Crippen LogP) is 6.01. The van der Waals surface area contributed by atoms with Crippen molar-refractivity contribution in [2.75, 3.05) is 4.90 Å². The van der Waals surface area contributed by atoms with Gasteiger partial charge in [0, 0.05) is 50.5 Å². The smallest absolute Gasteiger partial charge is 0.151 e. The van der Waals surface area contributed by atoms with Gasteiger partial charge in [-0.1, -0.05) is 20.8 Å². The van der Waals surface area contributed by atoms with Crippen LogP contribution in [0.25, 0.3) is 16.9 Å². The second-order valence-corrected chi connectivity index (χ2v) is 10.6. The van der Waals surface area contributed by atoms with Gasteiger partial charge < -0.3 is 19.5 Å². The van der Waals surface area contributed by atoms with E-state index in [1.807, 2.05) is 54.3 Å². The van der Waals surface area contributed by atoms with Crippen LogP contribution in [0.2, 0.25) is 0 Å². The maximum absolute atomic E-state index is 6.11. The van der Waals surface area contributed by atoms with Crippen molar-refractivity contribution in [2.24, 2.45) is 0 Å². The maximum atomic E-state index is 6.11. The number of ether oxygens (including phenoxy) is 1. The molecule has 7 nitrogen and oxygen atoms in total. The Morgan fingerprint density at radius 2 is 1.72 bits per heavy atom. The quantitative estimate of drug-likeness (QED) is 0.250. The molecule has 0 bridgehead atoms. The van der Waals surface area contributed by atoms with E-state index in [1.54, 1.807) is 17.1 Å². The zero-order valence-electron chi connectivity index (χ0n) is 21.3. The van der Waals surface area contributed by atoms with Crippen LogP contribution in [-0.4, -0.2) is 30.2 Å². The molecule has 1 aromatic carbocycles. The number of aromatic nitrogens is 4. The van der Waals surface area contributed by atoms with Crippen molar-refractivity contribution >= 4 is 16.7 Å². The number of hydrogen-bond donors (Lipinski definition) is 0. The number of rotatable bonds is 4. The van der Waals surface area contributed by atoms with Gasteiger partial charge in [-0.2, -0.15) is 17.8 Å². The standard InChI is InChI=1S/C28H29N6O.Pt/c1-27(2,3)20-10-11-29-26(14-20)34-25-16-23(17-30-24(25)18-31-34)35-22-9-7-8-21(15-22)32-12-13-33(19-32)28(4,5)6;/h7-14,17-19H,1-6H3;/q-3;. The number of benzene rings is 1. The fourth-order valence-corrected chi connectivity index (χ4v) is 3.71. The summed E-state index contributed by atoms with van der Waals surface area (Å²) < 4.78 is 7.85. The average Bonchev–Trinajstić information content (AvgIpc) is 3.46. The molecule has 4 aromatic rings. The molecule has 1 aliphatic heterocycles. The summed E-state index contributed by atoms with van der Waals surface area (Å²) in [6.07, 6.45) is 9.23. The van der Waals surface area contributed by atoms with E-state index in [0.29, 0.717) is 17.0 Å². The first-order valence-corrected chi connectivity index (χ1v) is 11.6. The predicted molar refractivity (Wildman–Crippen MR) is 137 cm³/mol. The Morgan fingerprint density at radius 3 is 2.44 bits per heavy atom. The van der Waals surface area contributed by atoms with Gasteiger partial charge in [0.15, 0.2) is 5.82 Å². The topological polar surface area (TPSA) is 59.3 Å². The van der Waals surface area contributed by atoms with Gasteiger partial charge in [-0.3, -0.25) is 0 Å². The third kappa shape index (κ3) is 5.31. The van der Waals surface area contributed by atoms with Crippen LogP contribution < -0.4 is 9.64 Å². The van der Waals surface area contributed by atoms with E-state index in [1.165, 1.54) is 5.56 Å². The van der Waals surface area contributed by atoms with Crippen molar-refractivity contribution in [1.82, 2.24) is 24.6 Å². The second kappa shape index (κ2) is 9.70. The number of anilines is 1. The van der Waals surface area contributed by atoms with Crippen molar-refractivity contribution < 1.29 is 25.8 Å². The van der Waals surface area contributed by atoms with Crippen molar-refractivity contribution in [3.05, 3.63) is 85.7 Å². The molecular weight excluding hydrogens is 631 g/mol. The number of hydrogen-bond acceptors (Lipinski definition) is 6. The van der Waals surface area contributed by atoms with Crippen molar-refractivity contribution in [3.63, 3.8) is 0 Å². The molecule has 3 aromatic heterocycles. The van der Waals surface area contributed by atoms with Gasteiger partial charge in [-0.25, -0.2) is 9.67 Å². The van der Waals surface area contributed by atoms with E-state index in [4.69, 9.17) is 4.74 Å². The first-order chi connectivity index (χ1) is 16.6. The summed E-state index contributed by atoms with van der Waals surface area (Å²) in [6.45, 7) is 15.1. The SMILES string of the molecule is CC(C)(C)c1ccnc(-n2ncc3ncc(Oc4[c-]c(N5C=CN(C(C)(C)C)[CH-]5)ccc4)[c-]c32)c1.[Pt]. The first-order valence-electron chi connectivity index (χ1n) is 11.6. The van der Waals surface area contributed by atoms with Crippen molar-refractivity contribution in [3.8, 4) is 17.3 Å². The molecule has 0 N–H and O–H groups in total. The summed E-state index contributed by atoms with van der Waals surface area (Å²) in [5, 5.41) is 4.50. The van der Waals surface area contributed by atoms with Gasteiger partial charge in [0.2, 0.25) is 0 Å². The van der Waals surface area contributed by atoms with Gasteiger partial charge in [-0.05, 0) is 73.5 Å². The molecule has 0 saturated carbocycles. The van der Waals surface area contributed by atoms with Gasteiger partial charge >= 0.3 is 0 Å². The zero-order chi connectivity index (χ0) is 24.8. The number of nitrogens with zero attached hydrogens (tertiary/aromatic N) is 6. The van der Waals surface area contributed by atoms with Crippen LogP contribution in [0.3, 0.4) is 0 Å². The minimum Gasteiger partial charge on any atom is -0.508 e. The minimum atomic E-state index is -0.000389. The van der Waals surface area contributed by atoms with Gasteiger partial charge in [0.05, 0.1) is 0 Å². The van der Waals surface area contributed by atoms with Gasteiger partial charge in [0.1, 0.15) is 0 Å². The third-order valence-corrected chi connectivity index (χ3v) is 5.80. The summed E-state index contributed by atoms with van der Waals surface area (Å²) in [5.74, 6) is 1.78. The van der Waals surface area contributed by atoms with E-state index >= 15 is 0 Å². The molecule has 36 heavy (non-hydrogen) atoms. The molecule has 1 aliphatic rings. The Morgan fingerprint density at radius 1 is 0.917 bits per heavy atom. The Kier molecular flexibility index (Phi) is 6.98. The zero-order valence-corrected chi connectivity index (χ0v) is 23.5. The third-order valence-electron chi connectivity index (χ3n) is 5.80. The van der Waals surface area contributed by atoms with Gasteiger partial charge in [0.25, 0.3) is 0 Å². The minimum absolute atomic E-state index is 0. The molecule has 4 heterocycles. The Balaban J connectivity index is 0.00000304. The van der Waals surface area contributed by atoms with E-state index in [-0.39, 0.29) is 32.0 Å². The monoisotopic (exact) mass is 660 g/mol. The first kappa shape index (κ1) is 25.9. The molecular formula is C28H29N6OPt-3. The Hall–Kier alpha value is -3.18. The van der Waals surface area contributed by atoms with Gasteiger partial charge in [-0.15, -0.1) is 30.0 Å². The summed E-state index contributed by atoms with van der Waals surface area (Å²) in [5.41, 5.74) is 3.48. The van der Waals surface area contributed by atoms with E-state index in [2.05, 4.69) is 79.8 Å². The summed E-state index contributed by atoms with van der Waals surface area (Å²) in [4.78, 5) is 13.2. The molecule has 190 valence electrons. The number of fused-ring (bicyclic) bond motifs is 1. The van der Waals surface area contributed by atoms with E-state index < -0.39 is 0 Å². The molecule has 0 radical (unpaired) electrons. The van der Waals surface area contributed by atoms with Crippen LogP contribution in [0.1, 0.15) is 47.1 Å². The summed E-state index contributed by atoms with van der Waals surface area (Å²) in [6, 6.07) is 16.5. The van der Waals surface area contributed by atoms with E-state index in [0.717, 1.165) is 17.0 Å². The average molecular weight is 661 g/mol. The Labute approximate surface area is 227 Å². The van der Waals surface area contributed by atoms with E-state index in [9.17, 15) is 0 Å². The molecule has 0 atom stereocenters.